The van der Waals surface area contributed by atoms with E-state index < -0.39 is 6.09 Å². The van der Waals surface area contributed by atoms with Crippen LogP contribution in [0.5, 0.6) is 5.75 Å². The van der Waals surface area contributed by atoms with Crippen molar-refractivity contribution >= 4 is 23.4 Å². The summed E-state index contributed by atoms with van der Waals surface area (Å²) in [7, 11) is 2.96. The number of rotatable bonds is 3. The number of nitrogens with one attached hydrogen (secondary N) is 2. The van der Waals surface area contributed by atoms with E-state index in [2.05, 4.69) is 21.4 Å². The number of carbonyl (C=O) groups is 2. The monoisotopic (exact) mass is 354 g/mol. The quantitative estimate of drug-likeness (QED) is 0.874. The summed E-state index contributed by atoms with van der Waals surface area (Å²) in [5, 5.41) is 5.51. The smallest absolute Gasteiger partial charge is 0.411 e. The summed E-state index contributed by atoms with van der Waals surface area (Å²) in [6, 6.07) is 9.59. The van der Waals surface area contributed by atoms with Crippen molar-refractivity contribution in [1.82, 2.24) is 0 Å². The minimum absolute atomic E-state index is 0.0458. The fourth-order valence-electron chi connectivity index (χ4n) is 3.40. The first-order valence-electron chi connectivity index (χ1n) is 8.36. The van der Waals surface area contributed by atoms with Crippen LogP contribution in [0, 0.1) is 13.8 Å². The number of methoxy groups -OCH3 is 2. The highest BCUT2D eigenvalue weighted by molar-refractivity contribution is 5.97. The van der Waals surface area contributed by atoms with Crippen molar-refractivity contribution in [1.29, 1.82) is 0 Å². The van der Waals surface area contributed by atoms with Gasteiger partial charge in [0.25, 0.3) is 0 Å². The molecule has 0 aromatic heterocycles. The first-order chi connectivity index (χ1) is 12.4. The lowest BCUT2D eigenvalue weighted by molar-refractivity contribution is -0.116. The molecule has 6 heteroatoms. The van der Waals surface area contributed by atoms with Gasteiger partial charge in [-0.15, -0.1) is 0 Å². The molecule has 0 radical (unpaired) electrons. The number of carbonyl (C=O) groups excluding carboxylic acids is 2. The van der Waals surface area contributed by atoms with Crippen LogP contribution in [-0.4, -0.2) is 26.2 Å². The van der Waals surface area contributed by atoms with Crippen LogP contribution in [0.4, 0.5) is 16.2 Å². The predicted octanol–water partition coefficient (Wildman–Crippen LogP) is 3.96. The van der Waals surface area contributed by atoms with Gasteiger partial charge in [-0.25, -0.2) is 4.79 Å². The van der Waals surface area contributed by atoms with E-state index in [4.69, 9.17) is 4.74 Å². The molecule has 0 bridgehead atoms. The molecule has 2 aromatic rings. The van der Waals surface area contributed by atoms with Gasteiger partial charge in [-0.1, -0.05) is 12.1 Å². The Morgan fingerprint density at radius 1 is 1.12 bits per heavy atom. The number of aryl methyl sites for hydroxylation is 2. The number of hydrogen-bond donors (Lipinski definition) is 2. The number of anilines is 2. The molecule has 26 heavy (non-hydrogen) atoms. The first kappa shape index (κ1) is 17.8. The summed E-state index contributed by atoms with van der Waals surface area (Å²) in [5.41, 5.74) is 5.51. The zero-order chi connectivity index (χ0) is 18.8. The van der Waals surface area contributed by atoms with Gasteiger partial charge in [0.15, 0.2) is 0 Å². The van der Waals surface area contributed by atoms with Crippen LogP contribution in [-0.2, 0) is 9.53 Å². The molecule has 1 atom stereocenters. The van der Waals surface area contributed by atoms with Gasteiger partial charge >= 0.3 is 6.09 Å². The molecule has 0 saturated carbocycles. The standard InChI is InChI=1S/C20H22N2O4/c1-11-8-18(25-3)12(2)7-15(11)16-10-19(23)22-17-9-13(5-6-14(16)17)21-20(24)26-4/h5-9,16H,10H2,1-4H3,(H,21,24)(H,22,23)/t16-/m1/s1. The number of ether oxygens (including phenoxy) is 2. The van der Waals surface area contributed by atoms with Crippen molar-refractivity contribution in [3.63, 3.8) is 0 Å². The van der Waals surface area contributed by atoms with Gasteiger partial charge in [-0.05, 0) is 54.3 Å². The van der Waals surface area contributed by atoms with E-state index in [0.29, 0.717) is 17.8 Å². The zero-order valence-corrected chi connectivity index (χ0v) is 15.3. The Morgan fingerprint density at radius 2 is 1.88 bits per heavy atom. The fraction of sp³-hybridized carbons (Fsp3) is 0.300. The topological polar surface area (TPSA) is 76.7 Å². The second-order valence-corrected chi connectivity index (χ2v) is 6.40. The third kappa shape index (κ3) is 3.35. The molecule has 6 nitrogen and oxygen atoms in total. The van der Waals surface area contributed by atoms with Gasteiger partial charge < -0.3 is 14.8 Å². The second kappa shape index (κ2) is 7.07. The Balaban J connectivity index is 2.03. The average molecular weight is 354 g/mol. The molecule has 0 aliphatic carbocycles. The van der Waals surface area contributed by atoms with Crippen LogP contribution in [0.25, 0.3) is 0 Å². The number of amides is 2. The van der Waals surface area contributed by atoms with Gasteiger partial charge in [0.1, 0.15) is 5.75 Å². The Kier molecular flexibility index (Phi) is 4.84. The Bertz CT molecular complexity index is 876. The lowest BCUT2D eigenvalue weighted by Gasteiger charge is -2.28. The van der Waals surface area contributed by atoms with Gasteiger partial charge in [-0.2, -0.15) is 0 Å². The lowest BCUT2D eigenvalue weighted by atomic mass is 9.82. The van der Waals surface area contributed by atoms with Gasteiger partial charge in [0, 0.05) is 23.7 Å². The predicted molar refractivity (Wildman–Crippen MR) is 100 cm³/mol. The molecule has 3 rings (SSSR count). The molecular formula is C20H22N2O4. The minimum Gasteiger partial charge on any atom is -0.496 e. The van der Waals surface area contributed by atoms with Crippen LogP contribution in [0.15, 0.2) is 30.3 Å². The molecule has 2 amide bonds. The maximum absolute atomic E-state index is 12.3. The van der Waals surface area contributed by atoms with E-state index in [1.807, 2.05) is 32.0 Å². The molecule has 1 heterocycles. The Hall–Kier alpha value is -3.02. The van der Waals surface area contributed by atoms with Crippen LogP contribution < -0.4 is 15.4 Å². The van der Waals surface area contributed by atoms with Crippen LogP contribution in [0.3, 0.4) is 0 Å². The summed E-state index contributed by atoms with van der Waals surface area (Å²) < 4.78 is 10.0. The lowest BCUT2D eigenvalue weighted by Crippen LogP contribution is -2.24. The molecule has 2 N–H and O–H groups in total. The van der Waals surface area contributed by atoms with Crippen molar-refractivity contribution in [2.75, 3.05) is 24.9 Å². The van der Waals surface area contributed by atoms with E-state index in [1.165, 1.54) is 7.11 Å². The Labute approximate surface area is 152 Å². The highest BCUT2D eigenvalue weighted by Crippen LogP contribution is 2.40. The molecule has 2 aromatic carbocycles. The summed E-state index contributed by atoms with van der Waals surface area (Å²) in [4.78, 5) is 23.7. The van der Waals surface area contributed by atoms with E-state index >= 15 is 0 Å². The molecule has 1 aliphatic rings. The molecule has 1 aliphatic heterocycles. The van der Waals surface area contributed by atoms with Crippen molar-refractivity contribution in [3.05, 3.63) is 52.6 Å². The Morgan fingerprint density at radius 3 is 2.58 bits per heavy atom. The average Bonchev–Trinajstić information content (AvgIpc) is 2.62. The van der Waals surface area contributed by atoms with E-state index in [-0.39, 0.29) is 11.8 Å². The largest absolute Gasteiger partial charge is 0.496 e. The minimum atomic E-state index is -0.551. The second-order valence-electron chi connectivity index (χ2n) is 6.40. The fourth-order valence-corrected chi connectivity index (χ4v) is 3.40. The first-order valence-corrected chi connectivity index (χ1v) is 8.36. The van der Waals surface area contributed by atoms with Crippen molar-refractivity contribution in [2.45, 2.75) is 26.2 Å². The molecule has 0 fully saturated rings. The number of hydrogen-bond acceptors (Lipinski definition) is 4. The molecule has 0 saturated heterocycles. The molecule has 0 spiro atoms. The SMILES string of the molecule is COC(=O)Nc1ccc2c(c1)NC(=O)C[C@H]2c1cc(C)c(OC)cc1C. The summed E-state index contributed by atoms with van der Waals surface area (Å²) in [6.45, 7) is 4.02. The van der Waals surface area contributed by atoms with Crippen LogP contribution >= 0.6 is 0 Å². The van der Waals surface area contributed by atoms with Crippen molar-refractivity contribution < 1.29 is 19.1 Å². The number of benzene rings is 2. The van der Waals surface area contributed by atoms with Gasteiger partial charge in [-0.3, -0.25) is 10.1 Å². The third-order valence-corrected chi connectivity index (χ3v) is 4.68. The van der Waals surface area contributed by atoms with Gasteiger partial charge in [0.05, 0.1) is 14.2 Å². The van der Waals surface area contributed by atoms with E-state index in [1.54, 1.807) is 13.2 Å². The van der Waals surface area contributed by atoms with Crippen LogP contribution in [0.1, 0.15) is 34.6 Å². The summed E-state index contributed by atoms with van der Waals surface area (Å²) >= 11 is 0. The van der Waals surface area contributed by atoms with Crippen molar-refractivity contribution in [3.8, 4) is 5.75 Å². The van der Waals surface area contributed by atoms with E-state index in [9.17, 15) is 9.59 Å². The highest BCUT2D eigenvalue weighted by Gasteiger charge is 2.28. The van der Waals surface area contributed by atoms with Crippen LogP contribution in [0.2, 0.25) is 0 Å². The summed E-state index contributed by atoms with van der Waals surface area (Å²) in [6.07, 6.45) is -0.172. The van der Waals surface area contributed by atoms with Crippen molar-refractivity contribution in [2.24, 2.45) is 0 Å². The summed E-state index contributed by atoms with van der Waals surface area (Å²) in [5.74, 6) is 0.741. The van der Waals surface area contributed by atoms with Gasteiger partial charge in [0.2, 0.25) is 5.91 Å². The number of fused-ring (bicyclic) bond motifs is 1. The third-order valence-electron chi connectivity index (χ3n) is 4.68. The maximum Gasteiger partial charge on any atom is 0.411 e. The normalized spacial score (nSPS) is 15.7. The molecule has 0 unspecified atom stereocenters. The van der Waals surface area contributed by atoms with E-state index in [0.717, 1.165) is 28.0 Å². The maximum atomic E-state index is 12.3. The molecule has 136 valence electrons. The zero-order valence-electron chi connectivity index (χ0n) is 15.3. The highest BCUT2D eigenvalue weighted by atomic mass is 16.5. The molecular weight excluding hydrogens is 332 g/mol.